The topological polar surface area (TPSA) is 29.5 Å². The minimum Gasteiger partial charge on any atom is -0.469 e. The molecule has 110 valence electrons. The zero-order chi connectivity index (χ0) is 14.2. The van der Waals surface area contributed by atoms with Gasteiger partial charge in [-0.05, 0) is 48.9 Å². The number of carbonyl (C=O) groups excluding carboxylic acids is 1. The van der Waals surface area contributed by atoms with Gasteiger partial charge in [0.2, 0.25) is 0 Å². The molecule has 0 spiro atoms. The molecule has 0 bridgehead atoms. The van der Waals surface area contributed by atoms with E-state index >= 15 is 0 Å². The fourth-order valence-electron chi connectivity index (χ4n) is 2.07. The number of carbonyl (C=O) groups is 1. The van der Waals surface area contributed by atoms with Crippen LogP contribution in [0.2, 0.25) is 0 Å². The molecule has 1 aliphatic heterocycles. The number of ether oxygens (including phenoxy) is 1. The molecule has 0 aromatic heterocycles. The van der Waals surface area contributed by atoms with Crippen LogP contribution in [-0.4, -0.2) is 23.3 Å². The first-order valence-corrected chi connectivity index (χ1v) is 8.63. The molecule has 1 aromatic carbocycles. The molecule has 0 N–H and O–H groups in total. The number of benzene rings is 1. The lowest BCUT2D eigenvalue weighted by Crippen LogP contribution is -2.04. The summed E-state index contributed by atoms with van der Waals surface area (Å²) in [5.74, 6) is -0.0902. The summed E-state index contributed by atoms with van der Waals surface area (Å²) in [6.07, 6.45) is 6.28. The minimum atomic E-state index is -0.0902. The molecule has 20 heavy (non-hydrogen) atoms. The van der Waals surface area contributed by atoms with E-state index in [1.54, 1.807) is 0 Å². The van der Waals surface area contributed by atoms with Crippen molar-refractivity contribution in [2.75, 3.05) is 13.7 Å². The predicted molar refractivity (Wildman–Crippen MR) is 84.6 cm³/mol. The summed E-state index contributed by atoms with van der Waals surface area (Å²) in [6.45, 7) is 1.11. The van der Waals surface area contributed by atoms with Crippen LogP contribution in [0.4, 0.5) is 0 Å². The van der Waals surface area contributed by atoms with E-state index in [4.69, 9.17) is 0 Å². The van der Waals surface area contributed by atoms with Crippen molar-refractivity contribution in [1.29, 1.82) is 0 Å². The molecule has 0 radical (unpaired) electrons. The molecule has 5 heteroatoms. The van der Waals surface area contributed by atoms with Crippen LogP contribution in [-0.2, 0) is 9.53 Å². The summed E-state index contributed by atoms with van der Waals surface area (Å²) in [5, 5.41) is 0. The van der Waals surface area contributed by atoms with Gasteiger partial charge in [0.1, 0.15) is 0 Å². The third kappa shape index (κ3) is 5.04. The largest absolute Gasteiger partial charge is 0.469 e. The molecular formula is C15H21NO2S2. The van der Waals surface area contributed by atoms with Crippen molar-refractivity contribution >= 4 is 29.9 Å². The number of hydrogen-bond donors (Lipinski definition) is 0. The van der Waals surface area contributed by atoms with Crippen LogP contribution in [0.25, 0.3) is 0 Å². The monoisotopic (exact) mass is 311 g/mol. The van der Waals surface area contributed by atoms with Crippen molar-refractivity contribution in [2.24, 2.45) is 0 Å². The highest BCUT2D eigenvalue weighted by molar-refractivity contribution is 8.14. The summed E-state index contributed by atoms with van der Waals surface area (Å²) in [4.78, 5) is 13.7. The fraction of sp³-hybridized carbons (Fsp3) is 0.533. The van der Waals surface area contributed by atoms with Crippen molar-refractivity contribution < 1.29 is 9.53 Å². The Labute approximate surface area is 129 Å². The van der Waals surface area contributed by atoms with Crippen LogP contribution >= 0.6 is 23.9 Å². The highest BCUT2D eigenvalue weighted by atomic mass is 32.2. The van der Waals surface area contributed by atoms with E-state index in [1.165, 1.54) is 36.2 Å². The molecule has 1 aromatic rings. The average Bonchev–Trinajstić information content (AvgIpc) is 2.88. The van der Waals surface area contributed by atoms with Gasteiger partial charge in [0.15, 0.2) is 0 Å². The maximum absolute atomic E-state index is 10.9. The van der Waals surface area contributed by atoms with Crippen molar-refractivity contribution in [3.8, 4) is 0 Å². The first kappa shape index (κ1) is 15.7. The average molecular weight is 311 g/mol. The normalized spacial score (nSPS) is 14.2. The second-order valence-corrected chi connectivity index (χ2v) is 7.14. The van der Waals surface area contributed by atoms with Crippen molar-refractivity contribution in [1.82, 2.24) is 3.71 Å². The number of methoxy groups -OCH3 is 1. The zero-order valence-electron chi connectivity index (χ0n) is 11.8. The van der Waals surface area contributed by atoms with Crippen LogP contribution in [0.3, 0.4) is 0 Å². The molecule has 0 atom stereocenters. The maximum Gasteiger partial charge on any atom is 0.305 e. The van der Waals surface area contributed by atoms with E-state index in [0.717, 1.165) is 19.4 Å². The third-order valence-corrected chi connectivity index (χ3v) is 5.65. The van der Waals surface area contributed by atoms with Crippen molar-refractivity contribution in [2.45, 2.75) is 48.3 Å². The Bertz CT molecular complexity index is 415. The number of fused-ring (bicyclic) bond motifs is 1. The highest BCUT2D eigenvalue weighted by Crippen LogP contribution is 2.46. The Hall–Kier alpha value is -0.650. The van der Waals surface area contributed by atoms with Gasteiger partial charge in [-0.15, -0.1) is 0 Å². The second-order valence-electron chi connectivity index (χ2n) is 4.78. The Morgan fingerprint density at radius 3 is 2.30 bits per heavy atom. The molecule has 0 unspecified atom stereocenters. The van der Waals surface area contributed by atoms with Crippen LogP contribution in [0.1, 0.15) is 38.5 Å². The highest BCUT2D eigenvalue weighted by Gasteiger charge is 2.19. The van der Waals surface area contributed by atoms with E-state index in [9.17, 15) is 4.79 Å². The van der Waals surface area contributed by atoms with Gasteiger partial charge in [0.05, 0.1) is 7.11 Å². The lowest BCUT2D eigenvalue weighted by Gasteiger charge is -2.11. The van der Waals surface area contributed by atoms with Gasteiger partial charge < -0.3 is 4.74 Å². The number of rotatable bonds is 8. The minimum absolute atomic E-state index is 0.0902. The van der Waals surface area contributed by atoms with E-state index in [2.05, 4.69) is 32.7 Å². The van der Waals surface area contributed by atoms with E-state index in [1.807, 2.05) is 23.9 Å². The first-order chi connectivity index (χ1) is 9.79. The van der Waals surface area contributed by atoms with Crippen LogP contribution in [0.5, 0.6) is 0 Å². The molecule has 0 saturated heterocycles. The van der Waals surface area contributed by atoms with Gasteiger partial charge in [-0.3, -0.25) is 4.79 Å². The van der Waals surface area contributed by atoms with Crippen LogP contribution < -0.4 is 0 Å². The molecule has 0 saturated carbocycles. The summed E-state index contributed by atoms with van der Waals surface area (Å²) in [6, 6.07) is 8.55. The smallest absolute Gasteiger partial charge is 0.305 e. The van der Waals surface area contributed by atoms with Gasteiger partial charge in [-0.25, -0.2) is 0 Å². The number of unbranched alkanes of at least 4 members (excludes halogenated alkanes) is 4. The third-order valence-electron chi connectivity index (χ3n) is 3.20. The molecule has 0 amide bonds. The standard InChI is InChI=1S/C15H21NO2S2/c1-18-15(17)11-5-3-2-4-8-12-16-19-13-9-6-7-10-14(13)20-16/h6-7,9-10H,2-5,8,11-12H2,1H3. The Balaban J connectivity index is 1.50. The van der Waals surface area contributed by atoms with Gasteiger partial charge in [-0.2, -0.15) is 3.71 Å². The molecule has 3 nitrogen and oxygen atoms in total. The quantitative estimate of drug-likeness (QED) is 0.400. The van der Waals surface area contributed by atoms with Gasteiger partial charge in [0.25, 0.3) is 0 Å². The van der Waals surface area contributed by atoms with E-state index in [-0.39, 0.29) is 5.97 Å². The molecule has 0 aliphatic carbocycles. The van der Waals surface area contributed by atoms with Crippen LogP contribution in [0, 0.1) is 0 Å². The molecule has 2 rings (SSSR count). The number of nitrogens with zero attached hydrogens (tertiary/aromatic N) is 1. The first-order valence-electron chi connectivity index (χ1n) is 7.09. The zero-order valence-corrected chi connectivity index (χ0v) is 13.5. The number of hydrogen-bond acceptors (Lipinski definition) is 5. The SMILES string of the molecule is COC(=O)CCCCCCCN1Sc2ccccc2S1. The predicted octanol–water partition coefficient (Wildman–Crippen LogP) is 4.53. The van der Waals surface area contributed by atoms with E-state index in [0.29, 0.717) is 6.42 Å². The Kier molecular flexibility index (Phi) is 6.76. The lowest BCUT2D eigenvalue weighted by atomic mass is 10.1. The summed E-state index contributed by atoms with van der Waals surface area (Å²) >= 11 is 3.69. The van der Waals surface area contributed by atoms with E-state index < -0.39 is 0 Å². The van der Waals surface area contributed by atoms with Crippen molar-refractivity contribution in [3.63, 3.8) is 0 Å². The summed E-state index contributed by atoms with van der Waals surface area (Å²) in [5.41, 5.74) is 0. The summed E-state index contributed by atoms with van der Waals surface area (Å²) < 4.78 is 6.99. The Morgan fingerprint density at radius 1 is 1.05 bits per heavy atom. The molecule has 0 fully saturated rings. The number of esters is 1. The summed E-state index contributed by atoms with van der Waals surface area (Å²) in [7, 11) is 1.45. The Morgan fingerprint density at radius 2 is 1.65 bits per heavy atom. The molecule has 1 aliphatic rings. The second kappa shape index (κ2) is 8.60. The van der Waals surface area contributed by atoms with Crippen LogP contribution in [0.15, 0.2) is 34.1 Å². The maximum atomic E-state index is 10.9. The molecule has 1 heterocycles. The van der Waals surface area contributed by atoms with Crippen molar-refractivity contribution in [3.05, 3.63) is 24.3 Å². The van der Waals surface area contributed by atoms with Gasteiger partial charge in [-0.1, -0.05) is 31.4 Å². The van der Waals surface area contributed by atoms with Gasteiger partial charge in [0, 0.05) is 22.8 Å². The molecular weight excluding hydrogens is 290 g/mol. The van der Waals surface area contributed by atoms with Gasteiger partial charge >= 0.3 is 5.97 Å². The lowest BCUT2D eigenvalue weighted by molar-refractivity contribution is -0.140. The fourth-order valence-corrected chi connectivity index (χ4v) is 4.40.